The van der Waals surface area contributed by atoms with Crippen molar-refractivity contribution in [1.82, 2.24) is 10.6 Å². The number of hydrogen-bond acceptors (Lipinski definition) is 4. The Kier molecular flexibility index (Phi) is 6.35. The van der Waals surface area contributed by atoms with Gasteiger partial charge in [0.25, 0.3) is 0 Å². The van der Waals surface area contributed by atoms with Gasteiger partial charge in [0.1, 0.15) is 5.75 Å². The number of hydrogen-bond donors (Lipinski definition) is 2. The average molecular weight is 300 g/mol. The summed E-state index contributed by atoms with van der Waals surface area (Å²) < 4.78 is 34.6. The molecule has 4 nitrogen and oxygen atoms in total. The molecule has 1 fully saturated rings. The summed E-state index contributed by atoms with van der Waals surface area (Å²) in [4.78, 5) is 0. The topological polar surface area (TPSA) is 42.5 Å². The van der Waals surface area contributed by atoms with E-state index in [9.17, 15) is 8.78 Å². The second kappa shape index (κ2) is 8.26. The maximum Gasteiger partial charge on any atom is 0.387 e. The largest absolute Gasteiger partial charge is 0.434 e. The molecule has 1 aliphatic rings. The van der Waals surface area contributed by atoms with E-state index in [2.05, 4.69) is 22.3 Å². The highest BCUT2D eigenvalue weighted by Crippen LogP contribution is 2.20. The minimum atomic E-state index is -2.80. The van der Waals surface area contributed by atoms with Gasteiger partial charge >= 0.3 is 6.61 Å². The van der Waals surface area contributed by atoms with Crippen molar-refractivity contribution >= 4 is 0 Å². The lowest BCUT2D eigenvalue weighted by Crippen LogP contribution is -2.44. The quantitative estimate of drug-likeness (QED) is 0.810. The third-order valence-corrected chi connectivity index (χ3v) is 3.47. The van der Waals surface area contributed by atoms with E-state index in [0.717, 1.165) is 31.7 Å². The summed E-state index contributed by atoms with van der Waals surface area (Å²) in [7, 11) is 0. The van der Waals surface area contributed by atoms with Gasteiger partial charge in [-0.25, -0.2) is 0 Å². The standard InChI is InChI=1S/C15H22F2N2O2/c1-11(8-13-10-20-7-6-18-13)19-9-12-4-2-3-5-14(12)21-15(16)17/h2-5,11,13,15,18-19H,6-10H2,1H3. The Hall–Kier alpha value is -1.24. The highest BCUT2D eigenvalue weighted by atomic mass is 19.3. The molecule has 0 saturated carbocycles. The van der Waals surface area contributed by atoms with Crippen LogP contribution in [0.4, 0.5) is 8.78 Å². The van der Waals surface area contributed by atoms with E-state index in [1.165, 1.54) is 0 Å². The molecule has 6 heteroatoms. The molecular weight excluding hydrogens is 278 g/mol. The van der Waals surface area contributed by atoms with Gasteiger partial charge in [0, 0.05) is 30.7 Å². The SMILES string of the molecule is CC(CC1COCCN1)NCc1ccccc1OC(F)F. The van der Waals surface area contributed by atoms with E-state index in [1.54, 1.807) is 18.2 Å². The Bertz CT molecular complexity index is 426. The van der Waals surface area contributed by atoms with Crippen LogP contribution in [-0.2, 0) is 11.3 Å². The number of rotatable bonds is 7. The minimum Gasteiger partial charge on any atom is -0.434 e. The van der Waals surface area contributed by atoms with Crippen LogP contribution < -0.4 is 15.4 Å². The summed E-state index contributed by atoms with van der Waals surface area (Å²) in [6.45, 7) is 2.13. The molecule has 0 aliphatic carbocycles. The molecule has 118 valence electrons. The van der Waals surface area contributed by atoms with Crippen molar-refractivity contribution in [2.75, 3.05) is 19.8 Å². The zero-order valence-electron chi connectivity index (χ0n) is 12.1. The summed E-state index contributed by atoms with van der Waals surface area (Å²) in [5.74, 6) is 0.228. The molecule has 2 atom stereocenters. The van der Waals surface area contributed by atoms with Crippen molar-refractivity contribution in [3.05, 3.63) is 29.8 Å². The first-order chi connectivity index (χ1) is 10.1. The normalized spacial score (nSPS) is 20.5. The Morgan fingerprint density at radius 3 is 2.95 bits per heavy atom. The van der Waals surface area contributed by atoms with Crippen LogP contribution >= 0.6 is 0 Å². The van der Waals surface area contributed by atoms with Gasteiger partial charge in [0.05, 0.1) is 13.2 Å². The Morgan fingerprint density at radius 2 is 2.24 bits per heavy atom. The fourth-order valence-corrected chi connectivity index (χ4v) is 2.43. The maximum absolute atomic E-state index is 12.3. The first-order valence-electron chi connectivity index (χ1n) is 7.22. The Labute approximate surface area is 123 Å². The van der Waals surface area contributed by atoms with Crippen molar-refractivity contribution < 1.29 is 18.3 Å². The van der Waals surface area contributed by atoms with Gasteiger partial charge in [-0.2, -0.15) is 8.78 Å². The lowest BCUT2D eigenvalue weighted by atomic mass is 10.1. The van der Waals surface area contributed by atoms with Crippen molar-refractivity contribution in [3.63, 3.8) is 0 Å². The van der Waals surface area contributed by atoms with Crippen LogP contribution in [0.2, 0.25) is 0 Å². The lowest BCUT2D eigenvalue weighted by Gasteiger charge is -2.27. The monoisotopic (exact) mass is 300 g/mol. The molecule has 2 unspecified atom stereocenters. The Morgan fingerprint density at radius 1 is 1.43 bits per heavy atom. The summed E-state index contributed by atoms with van der Waals surface area (Å²) in [5, 5.41) is 6.74. The molecule has 0 radical (unpaired) electrons. The summed E-state index contributed by atoms with van der Waals surface area (Å²) in [5.41, 5.74) is 0.734. The maximum atomic E-state index is 12.3. The fourth-order valence-electron chi connectivity index (χ4n) is 2.43. The second-order valence-corrected chi connectivity index (χ2v) is 5.23. The number of ether oxygens (including phenoxy) is 2. The molecule has 21 heavy (non-hydrogen) atoms. The fraction of sp³-hybridized carbons (Fsp3) is 0.600. The predicted octanol–water partition coefficient (Wildman–Crippen LogP) is 2.14. The van der Waals surface area contributed by atoms with Gasteiger partial charge in [-0.1, -0.05) is 18.2 Å². The van der Waals surface area contributed by atoms with E-state index in [0.29, 0.717) is 12.6 Å². The van der Waals surface area contributed by atoms with Crippen LogP contribution in [0.25, 0.3) is 0 Å². The van der Waals surface area contributed by atoms with E-state index in [4.69, 9.17) is 4.74 Å². The number of alkyl halides is 2. The first kappa shape index (κ1) is 16.1. The smallest absolute Gasteiger partial charge is 0.387 e. The van der Waals surface area contributed by atoms with Crippen LogP contribution in [0, 0.1) is 0 Å². The van der Waals surface area contributed by atoms with Crippen molar-refractivity contribution in [2.45, 2.75) is 38.6 Å². The number of morpholine rings is 1. The van der Waals surface area contributed by atoms with Crippen LogP contribution in [-0.4, -0.2) is 38.5 Å². The molecule has 0 bridgehead atoms. The van der Waals surface area contributed by atoms with Crippen molar-refractivity contribution in [1.29, 1.82) is 0 Å². The molecule has 0 spiro atoms. The van der Waals surface area contributed by atoms with E-state index in [-0.39, 0.29) is 11.8 Å². The van der Waals surface area contributed by atoms with Gasteiger partial charge in [0.2, 0.25) is 0 Å². The Balaban J connectivity index is 1.81. The molecule has 2 N–H and O–H groups in total. The molecule has 1 aromatic carbocycles. The molecule has 1 saturated heterocycles. The van der Waals surface area contributed by atoms with Gasteiger partial charge in [-0.15, -0.1) is 0 Å². The number of nitrogens with one attached hydrogen (secondary N) is 2. The van der Waals surface area contributed by atoms with Gasteiger partial charge in [-0.3, -0.25) is 0 Å². The van der Waals surface area contributed by atoms with Crippen molar-refractivity contribution in [2.24, 2.45) is 0 Å². The zero-order valence-corrected chi connectivity index (χ0v) is 12.1. The average Bonchev–Trinajstić information content (AvgIpc) is 2.47. The summed E-state index contributed by atoms with van der Waals surface area (Å²) in [6.07, 6.45) is 0.928. The lowest BCUT2D eigenvalue weighted by molar-refractivity contribution is -0.0505. The number of halogens is 2. The highest BCUT2D eigenvalue weighted by molar-refractivity contribution is 5.33. The molecule has 2 rings (SSSR count). The molecule has 0 aromatic heterocycles. The third kappa shape index (κ3) is 5.57. The van der Waals surface area contributed by atoms with E-state index in [1.807, 2.05) is 6.07 Å². The predicted molar refractivity (Wildman–Crippen MR) is 76.6 cm³/mol. The van der Waals surface area contributed by atoms with Crippen LogP contribution in [0.15, 0.2) is 24.3 Å². The van der Waals surface area contributed by atoms with Crippen LogP contribution in [0.3, 0.4) is 0 Å². The second-order valence-electron chi connectivity index (χ2n) is 5.23. The molecule has 0 amide bonds. The zero-order chi connectivity index (χ0) is 15.1. The number of benzene rings is 1. The highest BCUT2D eigenvalue weighted by Gasteiger charge is 2.16. The molecular formula is C15H22F2N2O2. The minimum absolute atomic E-state index is 0.228. The summed E-state index contributed by atoms with van der Waals surface area (Å²) in [6, 6.07) is 7.45. The van der Waals surface area contributed by atoms with E-state index < -0.39 is 6.61 Å². The third-order valence-electron chi connectivity index (χ3n) is 3.47. The molecule has 1 heterocycles. The number of para-hydroxylation sites is 1. The van der Waals surface area contributed by atoms with Gasteiger partial charge < -0.3 is 20.1 Å². The molecule has 1 aliphatic heterocycles. The van der Waals surface area contributed by atoms with E-state index >= 15 is 0 Å². The van der Waals surface area contributed by atoms with Crippen molar-refractivity contribution in [3.8, 4) is 5.75 Å². The first-order valence-corrected chi connectivity index (χ1v) is 7.22. The van der Waals surface area contributed by atoms with Gasteiger partial charge in [0.15, 0.2) is 0 Å². The van der Waals surface area contributed by atoms with Crippen LogP contribution in [0.5, 0.6) is 5.75 Å². The van der Waals surface area contributed by atoms with Gasteiger partial charge in [-0.05, 0) is 19.4 Å². The van der Waals surface area contributed by atoms with Crippen LogP contribution in [0.1, 0.15) is 18.9 Å². The molecule has 1 aromatic rings. The summed E-state index contributed by atoms with van der Waals surface area (Å²) >= 11 is 0.